The van der Waals surface area contributed by atoms with Gasteiger partial charge in [0.15, 0.2) is 0 Å². The maximum Gasteiger partial charge on any atom is 0.321 e. The summed E-state index contributed by atoms with van der Waals surface area (Å²) >= 11 is 0. The molecule has 0 aliphatic heterocycles. The zero-order valence-electron chi connectivity index (χ0n) is 13.0. The molecule has 9 heteroatoms. The van der Waals surface area contributed by atoms with Crippen LogP contribution in [0.5, 0.6) is 0 Å². The van der Waals surface area contributed by atoms with Crippen molar-refractivity contribution in [2.75, 3.05) is 0 Å². The summed E-state index contributed by atoms with van der Waals surface area (Å²) in [6, 6.07) is 11.3. The van der Waals surface area contributed by atoms with Crippen molar-refractivity contribution in [2.45, 2.75) is 19.0 Å². The fourth-order valence-electron chi connectivity index (χ4n) is 2.31. The van der Waals surface area contributed by atoms with Crippen molar-refractivity contribution in [1.82, 2.24) is 5.32 Å². The van der Waals surface area contributed by atoms with Crippen LogP contribution in [-0.4, -0.2) is 27.0 Å². The zero-order chi connectivity index (χ0) is 18.4. The van der Waals surface area contributed by atoms with E-state index in [0.29, 0.717) is 0 Å². The van der Waals surface area contributed by atoms with Gasteiger partial charge in [-0.15, -0.1) is 0 Å². The zero-order valence-corrected chi connectivity index (χ0v) is 13.0. The minimum absolute atomic E-state index is 0.0493. The lowest BCUT2D eigenvalue weighted by molar-refractivity contribution is -0.394. The van der Waals surface area contributed by atoms with Gasteiger partial charge in [-0.25, -0.2) is 0 Å². The highest BCUT2D eigenvalue weighted by molar-refractivity contribution is 5.73. The van der Waals surface area contributed by atoms with Crippen molar-refractivity contribution in [2.24, 2.45) is 0 Å². The second-order valence-corrected chi connectivity index (χ2v) is 5.33. The molecule has 2 N–H and O–H groups in total. The number of carbonyl (C=O) groups is 1. The molecule has 9 nitrogen and oxygen atoms in total. The lowest BCUT2D eigenvalue weighted by Crippen LogP contribution is -2.38. The van der Waals surface area contributed by atoms with Crippen LogP contribution in [0.1, 0.15) is 11.1 Å². The molecule has 0 aliphatic carbocycles. The van der Waals surface area contributed by atoms with Gasteiger partial charge in [0.2, 0.25) is 0 Å². The van der Waals surface area contributed by atoms with E-state index >= 15 is 0 Å². The molecular weight excluding hydrogens is 330 g/mol. The van der Waals surface area contributed by atoms with E-state index in [1.807, 2.05) is 6.07 Å². The number of nitrogens with one attached hydrogen (secondary N) is 1. The Hall–Kier alpha value is -3.33. The third kappa shape index (κ3) is 5.08. The highest BCUT2D eigenvalue weighted by Crippen LogP contribution is 2.22. The number of nitro benzene ring substituents is 2. The monoisotopic (exact) mass is 345 g/mol. The normalized spacial score (nSPS) is 11.7. The summed E-state index contributed by atoms with van der Waals surface area (Å²) in [6.07, 6.45) is 0.215. The van der Waals surface area contributed by atoms with E-state index < -0.39 is 33.2 Å². The van der Waals surface area contributed by atoms with Gasteiger partial charge in [0.05, 0.1) is 15.9 Å². The first-order valence-corrected chi connectivity index (χ1v) is 7.29. The van der Waals surface area contributed by atoms with Crippen LogP contribution >= 0.6 is 0 Å². The summed E-state index contributed by atoms with van der Waals surface area (Å²) in [5.41, 5.74) is 0.245. The van der Waals surface area contributed by atoms with Gasteiger partial charge < -0.3 is 10.4 Å². The van der Waals surface area contributed by atoms with Crippen LogP contribution in [0.3, 0.4) is 0 Å². The average Bonchev–Trinajstić information content (AvgIpc) is 2.58. The number of nitrogens with zero attached hydrogens (tertiary/aromatic N) is 2. The van der Waals surface area contributed by atoms with Gasteiger partial charge in [-0.2, -0.15) is 0 Å². The molecule has 0 fully saturated rings. The number of nitro groups is 2. The number of carboxylic acid groups (broad SMARTS) is 1. The predicted molar refractivity (Wildman–Crippen MR) is 88.2 cm³/mol. The fraction of sp³-hybridized carbons (Fsp3) is 0.188. The minimum atomic E-state index is -1.08. The molecule has 0 aliphatic rings. The van der Waals surface area contributed by atoms with Crippen LogP contribution in [0.4, 0.5) is 11.4 Å². The highest BCUT2D eigenvalue weighted by atomic mass is 16.6. The predicted octanol–water partition coefficient (Wildman–Crippen LogP) is 2.29. The summed E-state index contributed by atoms with van der Waals surface area (Å²) in [5.74, 6) is -1.08. The minimum Gasteiger partial charge on any atom is -0.480 e. The summed E-state index contributed by atoms with van der Waals surface area (Å²) in [7, 11) is 0. The van der Waals surface area contributed by atoms with Gasteiger partial charge in [-0.05, 0) is 17.5 Å². The Bertz CT molecular complexity index is 761. The number of rotatable bonds is 8. The quantitative estimate of drug-likeness (QED) is 0.553. The van der Waals surface area contributed by atoms with Crippen molar-refractivity contribution in [3.63, 3.8) is 0 Å². The second kappa shape index (κ2) is 7.97. The van der Waals surface area contributed by atoms with Gasteiger partial charge in [0.1, 0.15) is 6.04 Å². The molecule has 0 saturated heterocycles. The van der Waals surface area contributed by atoms with Crippen LogP contribution < -0.4 is 5.32 Å². The average molecular weight is 345 g/mol. The standard InChI is InChI=1S/C16H15N3O6/c20-16(21)15(8-11-4-2-1-3-5-11)17-10-12-6-13(18(22)23)9-14(7-12)19(24)25/h1-7,9,15,17H,8,10H2,(H,20,21). The van der Waals surface area contributed by atoms with Crippen molar-refractivity contribution in [3.8, 4) is 0 Å². The molecule has 0 spiro atoms. The number of benzene rings is 2. The molecule has 2 aromatic carbocycles. The Labute approximate surface area is 142 Å². The topological polar surface area (TPSA) is 136 Å². The molecule has 0 bridgehead atoms. The Balaban J connectivity index is 2.15. The molecule has 0 amide bonds. The van der Waals surface area contributed by atoms with Gasteiger partial charge in [-0.1, -0.05) is 30.3 Å². The second-order valence-electron chi connectivity index (χ2n) is 5.33. The first kappa shape index (κ1) is 18.0. The third-order valence-electron chi connectivity index (χ3n) is 3.52. The summed E-state index contributed by atoms with van der Waals surface area (Å²) in [4.78, 5) is 31.7. The summed E-state index contributed by atoms with van der Waals surface area (Å²) < 4.78 is 0. The Morgan fingerprint density at radius 1 is 1.00 bits per heavy atom. The van der Waals surface area contributed by atoms with E-state index in [1.54, 1.807) is 24.3 Å². The van der Waals surface area contributed by atoms with E-state index in [-0.39, 0.29) is 18.5 Å². The van der Waals surface area contributed by atoms with Crippen LogP contribution in [0.2, 0.25) is 0 Å². The molecule has 1 atom stereocenters. The van der Waals surface area contributed by atoms with Crippen molar-refractivity contribution in [1.29, 1.82) is 0 Å². The van der Waals surface area contributed by atoms with Crippen molar-refractivity contribution < 1.29 is 19.7 Å². The molecule has 2 aromatic rings. The molecule has 0 radical (unpaired) electrons. The van der Waals surface area contributed by atoms with Crippen molar-refractivity contribution in [3.05, 3.63) is 79.9 Å². The largest absolute Gasteiger partial charge is 0.480 e. The molecule has 0 saturated carbocycles. The van der Waals surface area contributed by atoms with Crippen LogP contribution in [0.15, 0.2) is 48.5 Å². The molecule has 25 heavy (non-hydrogen) atoms. The maximum absolute atomic E-state index is 11.4. The molecular formula is C16H15N3O6. The van der Waals surface area contributed by atoms with E-state index in [2.05, 4.69) is 5.32 Å². The molecule has 2 rings (SSSR count). The lowest BCUT2D eigenvalue weighted by Gasteiger charge is -2.14. The van der Waals surface area contributed by atoms with Gasteiger partial charge in [0, 0.05) is 18.7 Å². The smallest absolute Gasteiger partial charge is 0.321 e. The van der Waals surface area contributed by atoms with Gasteiger partial charge in [-0.3, -0.25) is 25.0 Å². The van der Waals surface area contributed by atoms with E-state index in [9.17, 15) is 30.1 Å². The fourth-order valence-corrected chi connectivity index (χ4v) is 2.31. The lowest BCUT2D eigenvalue weighted by atomic mass is 10.1. The van der Waals surface area contributed by atoms with E-state index in [4.69, 9.17) is 0 Å². The first-order valence-electron chi connectivity index (χ1n) is 7.29. The van der Waals surface area contributed by atoms with E-state index in [0.717, 1.165) is 11.6 Å². The number of carboxylic acids is 1. The Kier molecular flexibility index (Phi) is 5.75. The Morgan fingerprint density at radius 3 is 2.04 bits per heavy atom. The van der Waals surface area contributed by atoms with Crippen molar-refractivity contribution >= 4 is 17.3 Å². The molecule has 0 aromatic heterocycles. The maximum atomic E-state index is 11.4. The number of hydrogen-bond donors (Lipinski definition) is 2. The molecule has 0 heterocycles. The van der Waals surface area contributed by atoms with Gasteiger partial charge in [0.25, 0.3) is 11.4 Å². The summed E-state index contributed by atoms with van der Waals surface area (Å²) in [5, 5.41) is 33.9. The number of non-ortho nitro benzene ring substituents is 2. The summed E-state index contributed by atoms with van der Waals surface area (Å²) in [6.45, 7) is -0.0493. The number of hydrogen-bond acceptors (Lipinski definition) is 6. The number of aliphatic carboxylic acids is 1. The highest BCUT2D eigenvalue weighted by Gasteiger charge is 2.20. The Morgan fingerprint density at radius 2 is 1.56 bits per heavy atom. The van der Waals surface area contributed by atoms with Crippen LogP contribution in [-0.2, 0) is 17.8 Å². The van der Waals surface area contributed by atoms with Crippen LogP contribution in [0.25, 0.3) is 0 Å². The first-order chi connectivity index (χ1) is 11.9. The molecule has 1 unspecified atom stereocenters. The van der Waals surface area contributed by atoms with Crippen LogP contribution in [0, 0.1) is 20.2 Å². The third-order valence-corrected chi connectivity index (χ3v) is 3.52. The molecule has 130 valence electrons. The van der Waals surface area contributed by atoms with Gasteiger partial charge >= 0.3 is 5.97 Å². The van der Waals surface area contributed by atoms with E-state index in [1.165, 1.54) is 12.1 Å². The SMILES string of the molecule is O=C(O)C(Cc1ccccc1)NCc1cc([N+](=O)[O-])cc([N+](=O)[O-])c1.